The Bertz CT molecular complexity index is 504. The number of carbonyl (C=O) groups is 2. The Hall–Kier alpha value is -2.04. The number of anilines is 1. The summed E-state index contributed by atoms with van der Waals surface area (Å²) in [6.45, 7) is 7.99. The predicted octanol–water partition coefficient (Wildman–Crippen LogP) is 2.41. The van der Waals surface area contributed by atoms with Crippen LogP contribution in [0.15, 0.2) is 18.2 Å². The number of carbonyl (C=O) groups excluding carboxylic acids is 1. The highest BCUT2D eigenvalue weighted by molar-refractivity contribution is 5.94. The van der Waals surface area contributed by atoms with Crippen LogP contribution in [0, 0.1) is 6.92 Å². The van der Waals surface area contributed by atoms with Gasteiger partial charge in [-0.25, -0.2) is 4.79 Å². The molecule has 1 aromatic carbocycles. The molecule has 3 N–H and O–H groups in total. The molecule has 0 aliphatic heterocycles. The first-order chi connectivity index (χ1) is 9.19. The maximum atomic E-state index is 11.7. The molecular weight excluding hydrogens is 256 g/mol. The Morgan fingerprint density at radius 2 is 1.90 bits per heavy atom. The number of benzene rings is 1. The smallest absolute Gasteiger partial charge is 0.337 e. The summed E-state index contributed by atoms with van der Waals surface area (Å²) in [5, 5.41) is 15.0. The van der Waals surface area contributed by atoms with Gasteiger partial charge >= 0.3 is 5.97 Å². The second kappa shape index (κ2) is 6.41. The number of nitrogens with one attached hydrogen (secondary N) is 2. The molecule has 0 unspecified atom stereocenters. The van der Waals surface area contributed by atoms with Crippen LogP contribution in [-0.4, -0.2) is 29.1 Å². The van der Waals surface area contributed by atoms with E-state index in [0.717, 1.165) is 5.56 Å². The fourth-order valence-corrected chi connectivity index (χ4v) is 1.78. The predicted molar refractivity (Wildman–Crippen MR) is 79.1 cm³/mol. The van der Waals surface area contributed by atoms with Gasteiger partial charge in [0.25, 0.3) is 0 Å². The fourth-order valence-electron chi connectivity index (χ4n) is 1.78. The van der Waals surface area contributed by atoms with Crippen molar-refractivity contribution in [1.29, 1.82) is 0 Å². The summed E-state index contributed by atoms with van der Waals surface area (Å²) in [5.74, 6) is -1.04. The van der Waals surface area contributed by atoms with E-state index in [-0.39, 0.29) is 17.0 Å². The van der Waals surface area contributed by atoms with Crippen molar-refractivity contribution < 1.29 is 14.7 Å². The fraction of sp³-hybridized carbons (Fsp3) is 0.467. The second-order valence-electron chi connectivity index (χ2n) is 5.83. The number of rotatable bonds is 5. The van der Waals surface area contributed by atoms with Crippen LogP contribution in [0.25, 0.3) is 0 Å². The van der Waals surface area contributed by atoms with E-state index >= 15 is 0 Å². The highest BCUT2D eigenvalue weighted by atomic mass is 16.4. The molecular formula is C15H22N2O3. The van der Waals surface area contributed by atoms with Crippen molar-refractivity contribution in [3.05, 3.63) is 29.3 Å². The number of carboxylic acid groups (broad SMARTS) is 1. The molecule has 0 aromatic heterocycles. The minimum Gasteiger partial charge on any atom is -0.478 e. The Morgan fingerprint density at radius 1 is 1.25 bits per heavy atom. The minimum atomic E-state index is -0.977. The monoisotopic (exact) mass is 278 g/mol. The van der Waals surface area contributed by atoms with E-state index < -0.39 is 5.97 Å². The number of aromatic carboxylic acids is 1. The molecule has 5 heteroatoms. The normalized spacial score (nSPS) is 11.0. The summed E-state index contributed by atoms with van der Waals surface area (Å²) in [6.07, 6.45) is 0.296. The van der Waals surface area contributed by atoms with Crippen molar-refractivity contribution in [1.82, 2.24) is 5.32 Å². The lowest BCUT2D eigenvalue weighted by molar-refractivity contribution is -0.122. The molecule has 0 atom stereocenters. The Labute approximate surface area is 119 Å². The zero-order valence-electron chi connectivity index (χ0n) is 12.4. The lowest BCUT2D eigenvalue weighted by Gasteiger charge is -2.20. The van der Waals surface area contributed by atoms with Gasteiger partial charge in [0.15, 0.2) is 0 Å². The van der Waals surface area contributed by atoms with Gasteiger partial charge in [-0.05, 0) is 39.8 Å². The summed E-state index contributed by atoms with van der Waals surface area (Å²) < 4.78 is 0. The van der Waals surface area contributed by atoms with Crippen molar-refractivity contribution in [2.45, 2.75) is 39.7 Å². The zero-order valence-corrected chi connectivity index (χ0v) is 12.4. The summed E-state index contributed by atoms with van der Waals surface area (Å²) >= 11 is 0. The van der Waals surface area contributed by atoms with Gasteiger partial charge in [-0.15, -0.1) is 0 Å². The summed E-state index contributed by atoms with van der Waals surface area (Å²) in [5.41, 5.74) is 1.39. The van der Waals surface area contributed by atoms with E-state index in [1.165, 1.54) is 0 Å². The lowest BCUT2D eigenvalue weighted by Crippen LogP contribution is -2.41. The molecule has 0 fully saturated rings. The average Bonchev–Trinajstić information content (AvgIpc) is 2.28. The van der Waals surface area contributed by atoms with Gasteiger partial charge in [-0.3, -0.25) is 4.79 Å². The Balaban J connectivity index is 2.58. The first kappa shape index (κ1) is 16.0. The number of aryl methyl sites for hydroxylation is 1. The Kier molecular flexibility index (Phi) is 5.13. The van der Waals surface area contributed by atoms with Crippen molar-refractivity contribution in [3.63, 3.8) is 0 Å². The van der Waals surface area contributed by atoms with E-state index in [0.29, 0.717) is 18.7 Å². The van der Waals surface area contributed by atoms with Gasteiger partial charge in [-0.2, -0.15) is 0 Å². The van der Waals surface area contributed by atoms with Crippen molar-refractivity contribution in [3.8, 4) is 0 Å². The van der Waals surface area contributed by atoms with E-state index in [2.05, 4.69) is 10.6 Å². The van der Waals surface area contributed by atoms with Crippen LogP contribution in [0.2, 0.25) is 0 Å². The number of amides is 1. The van der Waals surface area contributed by atoms with Crippen LogP contribution in [0.1, 0.15) is 43.1 Å². The average molecular weight is 278 g/mol. The zero-order chi connectivity index (χ0) is 15.3. The van der Waals surface area contributed by atoms with E-state index in [1.807, 2.05) is 33.8 Å². The second-order valence-corrected chi connectivity index (χ2v) is 5.83. The summed E-state index contributed by atoms with van der Waals surface area (Å²) in [7, 11) is 0. The highest BCUT2D eigenvalue weighted by Crippen LogP contribution is 2.17. The SMILES string of the molecule is Cc1ccc(NCCC(=O)NC(C)(C)C)c(C(=O)O)c1. The van der Waals surface area contributed by atoms with Gasteiger partial charge in [0, 0.05) is 24.2 Å². The van der Waals surface area contributed by atoms with E-state index in [9.17, 15) is 9.59 Å². The molecule has 5 nitrogen and oxygen atoms in total. The van der Waals surface area contributed by atoms with Crippen LogP contribution >= 0.6 is 0 Å². The van der Waals surface area contributed by atoms with Crippen molar-refractivity contribution >= 4 is 17.6 Å². The van der Waals surface area contributed by atoms with Crippen LogP contribution in [-0.2, 0) is 4.79 Å². The third kappa shape index (κ3) is 5.30. The van der Waals surface area contributed by atoms with Crippen LogP contribution in [0.3, 0.4) is 0 Å². The number of hydrogen-bond donors (Lipinski definition) is 3. The molecule has 1 amide bonds. The van der Waals surface area contributed by atoms with Gasteiger partial charge < -0.3 is 15.7 Å². The van der Waals surface area contributed by atoms with Crippen molar-refractivity contribution in [2.24, 2.45) is 0 Å². The van der Waals surface area contributed by atoms with Crippen molar-refractivity contribution in [2.75, 3.05) is 11.9 Å². The largest absolute Gasteiger partial charge is 0.478 e. The van der Waals surface area contributed by atoms with Gasteiger partial charge in [0.2, 0.25) is 5.91 Å². The molecule has 1 rings (SSSR count). The molecule has 0 saturated carbocycles. The number of carboxylic acids is 1. The Morgan fingerprint density at radius 3 is 2.45 bits per heavy atom. The molecule has 0 aliphatic carbocycles. The topological polar surface area (TPSA) is 78.4 Å². The molecule has 0 radical (unpaired) electrons. The van der Waals surface area contributed by atoms with Gasteiger partial charge in [0.05, 0.1) is 5.56 Å². The van der Waals surface area contributed by atoms with Gasteiger partial charge in [-0.1, -0.05) is 11.6 Å². The van der Waals surface area contributed by atoms with E-state index in [1.54, 1.807) is 12.1 Å². The molecule has 0 heterocycles. The molecule has 0 spiro atoms. The van der Waals surface area contributed by atoms with Gasteiger partial charge in [0.1, 0.15) is 0 Å². The first-order valence-corrected chi connectivity index (χ1v) is 6.58. The number of hydrogen-bond acceptors (Lipinski definition) is 3. The third-order valence-electron chi connectivity index (χ3n) is 2.59. The summed E-state index contributed by atoms with van der Waals surface area (Å²) in [6, 6.07) is 5.17. The standard InChI is InChI=1S/C15H22N2O3/c1-10-5-6-12(11(9-10)14(19)20)16-8-7-13(18)17-15(2,3)4/h5-6,9,16H,7-8H2,1-4H3,(H,17,18)(H,19,20). The highest BCUT2D eigenvalue weighted by Gasteiger charge is 2.14. The maximum Gasteiger partial charge on any atom is 0.337 e. The van der Waals surface area contributed by atoms with Crippen LogP contribution in [0.4, 0.5) is 5.69 Å². The molecule has 0 aliphatic rings. The quantitative estimate of drug-likeness (QED) is 0.773. The molecule has 110 valence electrons. The lowest BCUT2D eigenvalue weighted by atomic mass is 10.1. The minimum absolute atomic E-state index is 0.0611. The van der Waals surface area contributed by atoms with Crippen LogP contribution < -0.4 is 10.6 Å². The van der Waals surface area contributed by atoms with E-state index in [4.69, 9.17) is 5.11 Å². The molecule has 0 saturated heterocycles. The maximum absolute atomic E-state index is 11.7. The summed E-state index contributed by atoms with van der Waals surface area (Å²) in [4.78, 5) is 22.8. The molecule has 1 aromatic rings. The first-order valence-electron chi connectivity index (χ1n) is 6.58. The molecule has 0 bridgehead atoms. The molecule has 20 heavy (non-hydrogen) atoms. The van der Waals surface area contributed by atoms with Crippen LogP contribution in [0.5, 0.6) is 0 Å². The third-order valence-corrected chi connectivity index (χ3v) is 2.59.